The first-order valence-corrected chi connectivity index (χ1v) is 6.39. The van der Waals surface area contributed by atoms with Gasteiger partial charge < -0.3 is 4.98 Å². The lowest BCUT2D eigenvalue weighted by Gasteiger charge is -2.13. The molecule has 0 spiro atoms. The lowest BCUT2D eigenvalue weighted by molar-refractivity contribution is 0.0942. The molecule has 2 unspecified atom stereocenters. The summed E-state index contributed by atoms with van der Waals surface area (Å²) in [6.07, 6.45) is 0. The van der Waals surface area contributed by atoms with E-state index in [0.717, 1.165) is 30.0 Å². The largest absolute Gasteiger partial charge is 0.362 e. The topological polar surface area (TPSA) is 36.1 Å². The summed E-state index contributed by atoms with van der Waals surface area (Å²) < 4.78 is 0. The zero-order valence-electron chi connectivity index (χ0n) is 11.2. The van der Waals surface area contributed by atoms with E-state index in [1.54, 1.807) is 0 Å². The molecule has 17 heavy (non-hydrogen) atoms. The van der Waals surface area contributed by atoms with Crippen LogP contribution >= 0.6 is 0 Å². The minimum absolute atomic E-state index is 0.244. The van der Waals surface area contributed by atoms with Gasteiger partial charge in [-0.05, 0) is 31.7 Å². The molecule has 2 rings (SSSR count). The van der Waals surface area contributed by atoms with Crippen molar-refractivity contribution in [3.05, 3.63) is 23.0 Å². The summed E-state index contributed by atoms with van der Waals surface area (Å²) in [6.45, 7) is 11.2. The van der Waals surface area contributed by atoms with E-state index in [0.29, 0.717) is 18.4 Å². The van der Waals surface area contributed by atoms with Crippen molar-refractivity contribution in [2.45, 2.75) is 27.7 Å². The monoisotopic (exact) mass is 234 g/mol. The van der Waals surface area contributed by atoms with E-state index >= 15 is 0 Å². The number of carbonyl (C=O) groups excluding carboxylic acids is 1. The molecule has 0 aliphatic carbocycles. The van der Waals surface area contributed by atoms with Crippen molar-refractivity contribution in [2.75, 3.05) is 19.6 Å². The molecule has 1 aliphatic heterocycles. The quantitative estimate of drug-likeness (QED) is 0.815. The lowest BCUT2D eigenvalue weighted by atomic mass is 10.0. The molecule has 0 radical (unpaired) electrons. The molecular formula is C14H22N2O. The second-order valence-electron chi connectivity index (χ2n) is 5.56. The van der Waals surface area contributed by atoms with Gasteiger partial charge in [0.25, 0.3) is 0 Å². The smallest absolute Gasteiger partial charge is 0.178 e. The van der Waals surface area contributed by atoms with E-state index in [2.05, 4.69) is 23.7 Å². The van der Waals surface area contributed by atoms with Crippen LogP contribution < -0.4 is 0 Å². The maximum atomic E-state index is 12.2. The number of aromatic amines is 1. The normalized spacial score (nSPS) is 25.4. The summed E-state index contributed by atoms with van der Waals surface area (Å²) in [5.41, 5.74) is 2.91. The predicted octanol–water partition coefficient (Wildman–Crippen LogP) is 2.40. The van der Waals surface area contributed by atoms with Crippen LogP contribution in [0.2, 0.25) is 0 Å². The maximum Gasteiger partial charge on any atom is 0.178 e. The van der Waals surface area contributed by atoms with Gasteiger partial charge in [-0.15, -0.1) is 0 Å². The van der Waals surface area contributed by atoms with Crippen molar-refractivity contribution in [1.29, 1.82) is 0 Å². The van der Waals surface area contributed by atoms with Crippen LogP contribution in [0.4, 0.5) is 0 Å². The molecule has 3 nitrogen and oxygen atoms in total. The highest BCUT2D eigenvalue weighted by Crippen LogP contribution is 2.22. The van der Waals surface area contributed by atoms with Gasteiger partial charge in [-0.1, -0.05) is 13.8 Å². The number of nitrogens with zero attached hydrogens (tertiary/aromatic N) is 1. The maximum absolute atomic E-state index is 12.2. The summed E-state index contributed by atoms with van der Waals surface area (Å²) in [7, 11) is 0. The number of likely N-dealkylation sites (tertiary alicyclic amines) is 1. The third-order valence-corrected chi connectivity index (χ3v) is 3.88. The predicted molar refractivity (Wildman–Crippen MR) is 69.4 cm³/mol. The third kappa shape index (κ3) is 2.60. The molecule has 0 amide bonds. The van der Waals surface area contributed by atoms with Gasteiger partial charge in [-0.2, -0.15) is 0 Å². The average molecular weight is 234 g/mol. The van der Waals surface area contributed by atoms with Gasteiger partial charge in [0.1, 0.15) is 0 Å². The highest BCUT2D eigenvalue weighted by molar-refractivity contribution is 5.98. The number of carbonyl (C=O) groups is 1. The van der Waals surface area contributed by atoms with E-state index < -0.39 is 0 Å². The Morgan fingerprint density at radius 2 is 1.94 bits per heavy atom. The van der Waals surface area contributed by atoms with Crippen LogP contribution in [0.5, 0.6) is 0 Å². The first kappa shape index (κ1) is 12.4. The summed E-state index contributed by atoms with van der Waals surface area (Å²) in [4.78, 5) is 17.7. The lowest BCUT2D eigenvalue weighted by Crippen LogP contribution is -2.28. The number of Topliss-reactive ketones (excluding diaryl/α,β-unsaturated/α-hetero) is 1. The zero-order chi connectivity index (χ0) is 12.6. The minimum Gasteiger partial charge on any atom is -0.362 e. The van der Waals surface area contributed by atoms with Crippen LogP contribution in [-0.4, -0.2) is 35.3 Å². The van der Waals surface area contributed by atoms with Crippen LogP contribution in [0.25, 0.3) is 0 Å². The number of hydrogen-bond acceptors (Lipinski definition) is 2. The molecule has 2 atom stereocenters. The van der Waals surface area contributed by atoms with Gasteiger partial charge >= 0.3 is 0 Å². The van der Waals surface area contributed by atoms with Crippen molar-refractivity contribution in [3.8, 4) is 0 Å². The van der Waals surface area contributed by atoms with Crippen molar-refractivity contribution < 1.29 is 4.79 Å². The van der Waals surface area contributed by atoms with Crippen molar-refractivity contribution in [3.63, 3.8) is 0 Å². The standard InChI is InChI=1S/C14H22N2O/c1-9-6-16(7-10(9)2)8-14(17)13-5-11(3)15-12(13)4/h5,9-10,15H,6-8H2,1-4H3. The first-order chi connectivity index (χ1) is 7.97. The van der Waals surface area contributed by atoms with Gasteiger partial charge in [-0.25, -0.2) is 0 Å². The van der Waals surface area contributed by atoms with Crippen molar-refractivity contribution >= 4 is 5.78 Å². The fourth-order valence-electron chi connectivity index (χ4n) is 2.68. The van der Waals surface area contributed by atoms with E-state index in [9.17, 15) is 4.79 Å². The molecule has 1 N–H and O–H groups in total. The fourth-order valence-corrected chi connectivity index (χ4v) is 2.68. The van der Waals surface area contributed by atoms with Crippen LogP contribution in [-0.2, 0) is 0 Å². The van der Waals surface area contributed by atoms with E-state index in [1.807, 2.05) is 19.9 Å². The fraction of sp³-hybridized carbons (Fsp3) is 0.643. The molecule has 3 heteroatoms. The van der Waals surface area contributed by atoms with Crippen LogP contribution in [0.15, 0.2) is 6.07 Å². The molecule has 2 heterocycles. The van der Waals surface area contributed by atoms with E-state index in [-0.39, 0.29) is 5.78 Å². The number of aromatic nitrogens is 1. The number of nitrogens with one attached hydrogen (secondary N) is 1. The SMILES string of the molecule is Cc1cc(C(=O)CN2CC(C)C(C)C2)c(C)[nH]1. The third-order valence-electron chi connectivity index (χ3n) is 3.88. The highest BCUT2D eigenvalue weighted by atomic mass is 16.1. The second kappa shape index (κ2) is 4.65. The molecule has 1 aromatic rings. The number of aryl methyl sites for hydroxylation is 2. The molecule has 1 saturated heterocycles. The van der Waals surface area contributed by atoms with Gasteiger partial charge in [-0.3, -0.25) is 9.69 Å². The van der Waals surface area contributed by atoms with Crippen LogP contribution in [0.3, 0.4) is 0 Å². The Hall–Kier alpha value is -1.09. The Morgan fingerprint density at radius 1 is 1.35 bits per heavy atom. The summed E-state index contributed by atoms with van der Waals surface area (Å²) >= 11 is 0. The van der Waals surface area contributed by atoms with Crippen LogP contribution in [0.1, 0.15) is 35.6 Å². The van der Waals surface area contributed by atoms with Crippen LogP contribution in [0, 0.1) is 25.7 Å². The van der Waals surface area contributed by atoms with Crippen molar-refractivity contribution in [2.24, 2.45) is 11.8 Å². The Morgan fingerprint density at radius 3 is 2.41 bits per heavy atom. The van der Waals surface area contributed by atoms with E-state index in [1.165, 1.54) is 0 Å². The Labute approximate surface area is 103 Å². The Kier molecular flexibility index (Phi) is 3.38. The number of rotatable bonds is 3. The average Bonchev–Trinajstić information content (AvgIpc) is 2.71. The molecule has 1 aromatic heterocycles. The minimum atomic E-state index is 0.244. The molecule has 1 fully saturated rings. The number of hydrogen-bond donors (Lipinski definition) is 1. The highest BCUT2D eigenvalue weighted by Gasteiger charge is 2.27. The Bertz CT molecular complexity index is 412. The molecule has 0 saturated carbocycles. The molecule has 94 valence electrons. The number of H-pyrrole nitrogens is 1. The first-order valence-electron chi connectivity index (χ1n) is 6.39. The molecule has 1 aliphatic rings. The van der Waals surface area contributed by atoms with Gasteiger partial charge in [0, 0.05) is 30.0 Å². The molecule has 0 aromatic carbocycles. The van der Waals surface area contributed by atoms with Gasteiger partial charge in [0.05, 0.1) is 6.54 Å². The summed E-state index contributed by atoms with van der Waals surface area (Å²) in [6, 6.07) is 1.96. The van der Waals surface area contributed by atoms with E-state index in [4.69, 9.17) is 0 Å². The van der Waals surface area contributed by atoms with Gasteiger partial charge in [0.2, 0.25) is 0 Å². The molecule has 0 bridgehead atoms. The summed E-state index contributed by atoms with van der Waals surface area (Å²) in [5, 5.41) is 0. The zero-order valence-corrected chi connectivity index (χ0v) is 11.2. The summed E-state index contributed by atoms with van der Waals surface area (Å²) in [5.74, 6) is 1.65. The van der Waals surface area contributed by atoms with Crippen molar-refractivity contribution in [1.82, 2.24) is 9.88 Å². The second-order valence-corrected chi connectivity index (χ2v) is 5.56. The van der Waals surface area contributed by atoms with Gasteiger partial charge in [0.15, 0.2) is 5.78 Å². The molecular weight excluding hydrogens is 212 g/mol. The Balaban J connectivity index is 2.01. The number of ketones is 1.